The van der Waals surface area contributed by atoms with Crippen LogP contribution in [0.25, 0.3) is 11.0 Å². The Hall–Kier alpha value is -2.44. The monoisotopic (exact) mass is 338 g/mol. The minimum absolute atomic E-state index is 0.0840. The second kappa shape index (κ2) is 6.22. The number of ether oxygens (including phenoxy) is 1. The van der Waals surface area contributed by atoms with Crippen LogP contribution in [0.5, 0.6) is 0 Å². The maximum atomic E-state index is 13.1. The molecule has 1 aromatic heterocycles. The van der Waals surface area contributed by atoms with Crippen molar-refractivity contribution < 1.29 is 23.0 Å². The highest BCUT2D eigenvalue weighted by Crippen LogP contribution is 2.33. The number of rotatable bonds is 2. The van der Waals surface area contributed by atoms with Gasteiger partial charge in [0.1, 0.15) is 17.1 Å². The molecule has 2 aromatic rings. The number of anilines is 1. The third-order valence-corrected chi connectivity index (χ3v) is 3.80. The Morgan fingerprint density at radius 2 is 1.96 bits per heavy atom. The van der Waals surface area contributed by atoms with Gasteiger partial charge >= 0.3 is 6.18 Å². The summed E-state index contributed by atoms with van der Waals surface area (Å²) in [6, 6.07) is 5.03. The first-order chi connectivity index (χ1) is 11.4. The molecular formula is C15H13F3N4O2. The Morgan fingerprint density at radius 1 is 1.25 bits per heavy atom. The number of fused-ring (bicyclic) bond motifs is 1. The predicted octanol–water partition coefficient (Wildman–Crippen LogP) is 1.63. The Balaban J connectivity index is 2.05. The van der Waals surface area contributed by atoms with Gasteiger partial charge in [0, 0.05) is 18.9 Å². The van der Waals surface area contributed by atoms with Crippen LogP contribution in [-0.4, -0.2) is 53.2 Å². The number of hydrogen-bond acceptors (Lipinski definition) is 6. The summed E-state index contributed by atoms with van der Waals surface area (Å²) in [6.45, 7) is -0.860. The van der Waals surface area contributed by atoms with Gasteiger partial charge in [-0.25, -0.2) is 0 Å². The summed E-state index contributed by atoms with van der Waals surface area (Å²) in [5, 5.41) is 18.4. The van der Waals surface area contributed by atoms with Gasteiger partial charge in [-0.05, 0) is 12.1 Å². The fraction of sp³-hybridized carbons (Fsp3) is 0.400. The van der Waals surface area contributed by atoms with E-state index in [-0.39, 0.29) is 6.54 Å². The maximum Gasteiger partial charge on any atom is 0.416 e. The second-order valence-electron chi connectivity index (χ2n) is 5.37. The Morgan fingerprint density at radius 3 is 2.58 bits per heavy atom. The number of hydrogen-bond donors (Lipinski definition) is 1. The fourth-order valence-corrected chi connectivity index (χ4v) is 2.71. The molecule has 0 aliphatic carbocycles. The molecule has 9 heteroatoms. The molecule has 1 N–H and O–H groups in total. The lowest BCUT2D eigenvalue weighted by molar-refractivity contribution is -0.238. The van der Waals surface area contributed by atoms with E-state index in [1.54, 1.807) is 6.07 Å². The number of benzene rings is 1. The number of halogens is 3. The summed E-state index contributed by atoms with van der Waals surface area (Å²) in [7, 11) is 0. The van der Waals surface area contributed by atoms with Gasteiger partial charge in [-0.3, -0.25) is 9.97 Å². The van der Waals surface area contributed by atoms with E-state index in [1.165, 1.54) is 23.4 Å². The first-order valence-electron chi connectivity index (χ1n) is 7.16. The van der Waals surface area contributed by atoms with Crippen LogP contribution in [0, 0.1) is 11.3 Å². The van der Waals surface area contributed by atoms with Crippen molar-refractivity contribution in [1.82, 2.24) is 9.97 Å². The van der Waals surface area contributed by atoms with Gasteiger partial charge in [0.05, 0.1) is 30.5 Å². The van der Waals surface area contributed by atoms with E-state index >= 15 is 0 Å². The number of aromatic nitrogens is 2. The lowest BCUT2D eigenvalue weighted by Crippen LogP contribution is -2.54. The summed E-state index contributed by atoms with van der Waals surface area (Å²) in [4.78, 5) is 9.72. The van der Waals surface area contributed by atoms with E-state index in [1.807, 2.05) is 6.07 Å². The zero-order valence-corrected chi connectivity index (χ0v) is 12.4. The molecule has 1 saturated heterocycles. The van der Waals surface area contributed by atoms with Crippen LogP contribution in [0.2, 0.25) is 0 Å². The third kappa shape index (κ3) is 2.98. The molecule has 2 heterocycles. The average Bonchev–Trinajstić information content (AvgIpc) is 2.59. The van der Waals surface area contributed by atoms with Crippen LogP contribution in [0.3, 0.4) is 0 Å². The molecule has 1 aliphatic heterocycles. The summed E-state index contributed by atoms with van der Waals surface area (Å²) in [5.41, 5.74) is 1.39. The van der Waals surface area contributed by atoms with Gasteiger partial charge in [0.15, 0.2) is 6.10 Å². The zero-order chi connectivity index (χ0) is 17.3. The van der Waals surface area contributed by atoms with Gasteiger partial charge in [-0.2, -0.15) is 18.4 Å². The van der Waals surface area contributed by atoms with Crippen LogP contribution in [0.4, 0.5) is 18.9 Å². The minimum Gasteiger partial charge on any atom is -0.394 e. The van der Waals surface area contributed by atoms with E-state index < -0.39 is 31.5 Å². The maximum absolute atomic E-state index is 13.1. The normalized spacial score (nSPS) is 21.7. The Kier molecular flexibility index (Phi) is 4.26. The van der Waals surface area contributed by atoms with Gasteiger partial charge in [0.25, 0.3) is 0 Å². The van der Waals surface area contributed by atoms with Crippen molar-refractivity contribution in [3.05, 3.63) is 30.1 Å². The molecule has 0 radical (unpaired) electrons. The number of nitrogens with zero attached hydrogens (tertiary/aromatic N) is 4. The van der Waals surface area contributed by atoms with E-state index in [9.17, 15) is 18.3 Å². The number of nitriles is 1. The Labute approximate surface area is 135 Å². The van der Waals surface area contributed by atoms with Crippen LogP contribution in [-0.2, 0) is 4.74 Å². The second-order valence-corrected chi connectivity index (χ2v) is 5.37. The molecule has 0 bridgehead atoms. The zero-order valence-electron chi connectivity index (χ0n) is 12.4. The van der Waals surface area contributed by atoms with E-state index in [0.29, 0.717) is 22.3 Å². The molecule has 0 saturated carbocycles. The van der Waals surface area contributed by atoms with Gasteiger partial charge in [0.2, 0.25) is 0 Å². The van der Waals surface area contributed by atoms with Crippen LogP contribution >= 0.6 is 0 Å². The third-order valence-electron chi connectivity index (χ3n) is 3.80. The smallest absolute Gasteiger partial charge is 0.394 e. The quantitative estimate of drug-likeness (QED) is 0.896. The highest BCUT2D eigenvalue weighted by molar-refractivity contribution is 5.92. The fourth-order valence-electron chi connectivity index (χ4n) is 2.71. The molecule has 6 nitrogen and oxygen atoms in total. The molecule has 1 aromatic carbocycles. The largest absolute Gasteiger partial charge is 0.416 e. The van der Waals surface area contributed by atoms with Crippen molar-refractivity contribution in [2.24, 2.45) is 0 Å². The molecule has 1 fully saturated rings. The summed E-state index contributed by atoms with van der Waals surface area (Å²) in [5.74, 6) is 0. The SMILES string of the molecule is N#Cc1ccc(N2C[C@@H](CO)O[C@@H](C(F)(F)F)C2)c2nccnc12. The molecule has 0 amide bonds. The lowest BCUT2D eigenvalue weighted by Gasteiger charge is -2.39. The molecule has 126 valence electrons. The average molecular weight is 338 g/mol. The summed E-state index contributed by atoms with van der Waals surface area (Å²) in [6.07, 6.45) is -4.68. The first-order valence-corrected chi connectivity index (χ1v) is 7.16. The van der Waals surface area contributed by atoms with Crippen molar-refractivity contribution in [1.29, 1.82) is 5.26 Å². The highest BCUT2D eigenvalue weighted by atomic mass is 19.4. The van der Waals surface area contributed by atoms with E-state index in [4.69, 9.17) is 10.00 Å². The molecule has 3 rings (SSSR count). The van der Waals surface area contributed by atoms with Crippen LogP contribution in [0.15, 0.2) is 24.5 Å². The molecule has 1 aliphatic rings. The summed E-state index contributed by atoms with van der Waals surface area (Å²) < 4.78 is 44.1. The van der Waals surface area contributed by atoms with Crippen LogP contribution in [0.1, 0.15) is 5.56 Å². The minimum atomic E-state index is -4.54. The molecule has 0 unspecified atom stereocenters. The van der Waals surface area contributed by atoms with Crippen LogP contribution < -0.4 is 4.90 Å². The van der Waals surface area contributed by atoms with Gasteiger partial charge < -0.3 is 14.7 Å². The number of alkyl halides is 3. The van der Waals surface area contributed by atoms with Crippen molar-refractivity contribution in [2.75, 3.05) is 24.6 Å². The lowest BCUT2D eigenvalue weighted by atomic mass is 10.1. The van der Waals surface area contributed by atoms with Crippen molar-refractivity contribution in [3.8, 4) is 6.07 Å². The van der Waals surface area contributed by atoms with Gasteiger partial charge in [-0.15, -0.1) is 0 Å². The molecule has 2 atom stereocenters. The standard InChI is InChI=1S/C15H13F3N4O2/c16-15(17,18)12-7-22(6-10(8-23)24-12)11-2-1-9(5-19)13-14(11)21-4-3-20-13/h1-4,10,12,23H,6-8H2/t10-,12+/m0/s1. The molecule has 0 spiro atoms. The highest BCUT2D eigenvalue weighted by Gasteiger charge is 2.46. The molecular weight excluding hydrogens is 325 g/mol. The Bertz CT molecular complexity index is 790. The van der Waals surface area contributed by atoms with Crippen molar-refractivity contribution >= 4 is 16.7 Å². The summed E-state index contributed by atoms with van der Waals surface area (Å²) >= 11 is 0. The van der Waals surface area contributed by atoms with E-state index in [2.05, 4.69) is 9.97 Å². The number of aliphatic hydroxyl groups is 1. The number of morpholine rings is 1. The molecule has 24 heavy (non-hydrogen) atoms. The number of aliphatic hydroxyl groups excluding tert-OH is 1. The van der Waals surface area contributed by atoms with Crippen molar-refractivity contribution in [2.45, 2.75) is 18.4 Å². The van der Waals surface area contributed by atoms with Crippen molar-refractivity contribution in [3.63, 3.8) is 0 Å². The topological polar surface area (TPSA) is 82.3 Å². The first kappa shape index (κ1) is 16.4. The predicted molar refractivity (Wildman–Crippen MR) is 78.3 cm³/mol. The van der Waals surface area contributed by atoms with E-state index in [0.717, 1.165) is 0 Å². The van der Waals surface area contributed by atoms with Gasteiger partial charge in [-0.1, -0.05) is 0 Å².